The van der Waals surface area contributed by atoms with E-state index in [-0.39, 0.29) is 0 Å². The Balaban J connectivity index is 1.75. The van der Waals surface area contributed by atoms with E-state index in [4.69, 9.17) is 4.74 Å². The third-order valence-corrected chi connectivity index (χ3v) is 3.28. The largest absolute Gasteiger partial charge is 0.492 e. The first-order valence-electron chi connectivity index (χ1n) is 6.40. The molecule has 1 fully saturated rings. The second kappa shape index (κ2) is 6.03. The van der Waals surface area contributed by atoms with Crippen LogP contribution in [0, 0.1) is 6.92 Å². The molecule has 0 amide bonds. The number of hydrogen-bond donors (Lipinski definition) is 1. The van der Waals surface area contributed by atoms with Gasteiger partial charge in [0.15, 0.2) is 0 Å². The molecule has 17 heavy (non-hydrogen) atoms. The van der Waals surface area contributed by atoms with Crippen LogP contribution in [0.15, 0.2) is 24.3 Å². The second-order valence-electron chi connectivity index (χ2n) is 4.75. The van der Waals surface area contributed by atoms with Crippen LogP contribution >= 0.6 is 0 Å². The Labute approximate surface area is 104 Å². The van der Waals surface area contributed by atoms with Crippen LogP contribution in [0.2, 0.25) is 0 Å². The van der Waals surface area contributed by atoms with Gasteiger partial charge in [0.1, 0.15) is 12.4 Å². The number of hydrogen-bond acceptors (Lipinski definition) is 3. The van der Waals surface area contributed by atoms with Gasteiger partial charge in [-0.3, -0.25) is 4.90 Å². The maximum Gasteiger partial charge on any atom is 0.119 e. The van der Waals surface area contributed by atoms with Gasteiger partial charge in [-0.1, -0.05) is 12.1 Å². The van der Waals surface area contributed by atoms with E-state index in [2.05, 4.69) is 36.2 Å². The molecule has 1 atom stereocenters. The third kappa shape index (κ3) is 3.72. The van der Waals surface area contributed by atoms with Gasteiger partial charge < -0.3 is 10.1 Å². The lowest BCUT2D eigenvalue weighted by Crippen LogP contribution is -2.50. The minimum absolute atomic E-state index is 0.616. The lowest BCUT2D eigenvalue weighted by Gasteiger charge is -2.33. The van der Waals surface area contributed by atoms with Crippen LogP contribution < -0.4 is 10.1 Å². The zero-order valence-corrected chi connectivity index (χ0v) is 10.8. The van der Waals surface area contributed by atoms with E-state index in [0.717, 1.165) is 38.5 Å². The molecule has 1 aromatic rings. The van der Waals surface area contributed by atoms with E-state index in [1.807, 2.05) is 12.1 Å². The molecule has 94 valence electrons. The summed E-state index contributed by atoms with van der Waals surface area (Å²) in [6.07, 6.45) is 0. The molecule has 2 rings (SSSR count). The van der Waals surface area contributed by atoms with E-state index < -0.39 is 0 Å². The van der Waals surface area contributed by atoms with Crippen molar-refractivity contribution in [1.82, 2.24) is 10.2 Å². The SMILES string of the molecule is Cc1cccc(OCCN2CCNCC2C)c1. The topological polar surface area (TPSA) is 24.5 Å². The predicted molar refractivity (Wildman–Crippen MR) is 70.6 cm³/mol. The number of nitrogens with zero attached hydrogens (tertiary/aromatic N) is 1. The van der Waals surface area contributed by atoms with Crippen molar-refractivity contribution < 1.29 is 4.74 Å². The molecule has 1 aliphatic rings. The fourth-order valence-electron chi connectivity index (χ4n) is 2.20. The van der Waals surface area contributed by atoms with Crippen molar-refractivity contribution in [1.29, 1.82) is 0 Å². The van der Waals surface area contributed by atoms with E-state index in [1.165, 1.54) is 5.56 Å². The number of nitrogens with one attached hydrogen (secondary N) is 1. The molecule has 1 unspecified atom stereocenters. The first-order chi connectivity index (χ1) is 8.25. The van der Waals surface area contributed by atoms with Crippen molar-refractivity contribution in [2.75, 3.05) is 32.8 Å². The molecule has 3 heteroatoms. The molecule has 0 spiro atoms. The molecule has 0 aliphatic carbocycles. The normalized spacial score (nSPS) is 21.4. The van der Waals surface area contributed by atoms with Gasteiger partial charge >= 0.3 is 0 Å². The minimum atomic E-state index is 0.616. The summed E-state index contributed by atoms with van der Waals surface area (Å²) >= 11 is 0. The molecule has 0 bridgehead atoms. The molecular weight excluding hydrogens is 212 g/mol. The quantitative estimate of drug-likeness (QED) is 0.857. The van der Waals surface area contributed by atoms with Gasteiger partial charge in [0, 0.05) is 32.2 Å². The number of aryl methyl sites for hydroxylation is 1. The van der Waals surface area contributed by atoms with Crippen molar-refractivity contribution in [3.63, 3.8) is 0 Å². The minimum Gasteiger partial charge on any atom is -0.492 e. The monoisotopic (exact) mass is 234 g/mol. The summed E-state index contributed by atoms with van der Waals surface area (Å²) in [5.74, 6) is 0.979. The Morgan fingerprint density at radius 1 is 1.47 bits per heavy atom. The Bertz CT molecular complexity index is 354. The molecular formula is C14H22N2O. The van der Waals surface area contributed by atoms with Gasteiger partial charge in [0.05, 0.1) is 0 Å². The highest BCUT2D eigenvalue weighted by Gasteiger charge is 2.16. The molecule has 0 saturated carbocycles. The molecule has 0 radical (unpaired) electrons. The fourth-order valence-corrected chi connectivity index (χ4v) is 2.20. The van der Waals surface area contributed by atoms with E-state index in [1.54, 1.807) is 0 Å². The van der Waals surface area contributed by atoms with Crippen LogP contribution in [-0.2, 0) is 0 Å². The van der Waals surface area contributed by atoms with Gasteiger partial charge in [-0.15, -0.1) is 0 Å². The van der Waals surface area contributed by atoms with Gasteiger partial charge in [0.2, 0.25) is 0 Å². The van der Waals surface area contributed by atoms with Gasteiger partial charge in [-0.05, 0) is 31.5 Å². The Morgan fingerprint density at radius 3 is 3.12 bits per heavy atom. The molecule has 0 aromatic heterocycles. The highest BCUT2D eigenvalue weighted by molar-refractivity contribution is 5.27. The number of rotatable bonds is 4. The zero-order valence-electron chi connectivity index (χ0n) is 10.8. The van der Waals surface area contributed by atoms with Crippen LogP contribution in [-0.4, -0.2) is 43.7 Å². The highest BCUT2D eigenvalue weighted by Crippen LogP contribution is 2.12. The van der Waals surface area contributed by atoms with Gasteiger partial charge in [-0.25, -0.2) is 0 Å². The first-order valence-corrected chi connectivity index (χ1v) is 6.40. The van der Waals surface area contributed by atoms with Crippen molar-refractivity contribution in [2.45, 2.75) is 19.9 Å². The van der Waals surface area contributed by atoms with Crippen molar-refractivity contribution >= 4 is 0 Å². The number of ether oxygens (including phenoxy) is 1. The van der Waals surface area contributed by atoms with E-state index in [0.29, 0.717) is 6.04 Å². The van der Waals surface area contributed by atoms with Crippen LogP contribution in [0.5, 0.6) is 5.75 Å². The number of benzene rings is 1. The molecule has 1 heterocycles. The van der Waals surface area contributed by atoms with E-state index in [9.17, 15) is 0 Å². The summed E-state index contributed by atoms with van der Waals surface area (Å²) in [4.78, 5) is 2.48. The van der Waals surface area contributed by atoms with Gasteiger partial charge in [0.25, 0.3) is 0 Å². The summed E-state index contributed by atoms with van der Waals surface area (Å²) in [7, 11) is 0. The first kappa shape index (κ1) is 12.4. The Kier molecular flexibility index (Phi) is 4.40. The van der Waals surface area contributed by atoms with Crippen molar-refractivity contribution in [3.05, 3.63) is 29.8 Å². The van der Waals surface area contributed by atoms with Crippen LogP contribution in [0.1, 0.15) is 12.5 Å². The van der Waals surface area contributed by atoms with Crippen LogP contribution in [0.4, 0.5) is 0 Å². The maximum absolute atomic E-state index is 5.78. The Hall–Kier alpha value is -1.06. The molecule has 1 N–H and O–H groups in total. The predicted octanol–water partition coefficient (Wildman–Crippen LogP) is 1.67. The van der Waals surface area contributed by atoms with E-state index >= 15 is 0 Å². The summed E-state index contributed by atoms with van der Waals surface area (Å²) in [5.41, 5.74) is 1.25. The molecule has 3 nitrogen and oxygen atoms in total. The molecule has 1 saturated heterocycles. The standard InChI is InChI=1S/C14H22N2O/c1-12-4-3-5-14(10-12)17-9-8-16-7-6-15-11-13(16)2/h3-5,10,13,15H,6-9,11H2,1-2H3. The molecule has 1 aliphatic heterocycles. The summed E-state index contributed by atoms with van der Waals surface area (Å²) in [5, 5.41) is 3.40. The Morgan fingerprint density at radius 2 is 2.35 bits per heavy atom. The summed E-state index contributed by atoms with van der Waals surface area (Å²) in [6, 6.07) is 8.85. The zero-order chi connectivity index (χ0) is 12.1. The van der Waals surface area contributed by atoms with Crippen molar-refractivity contribution in [3.8, 4) is 5.75 Å². The number of piperazine rings is 1. The lowest BCUT2D eigenvalue weighted by molar-refractivity contribution is 0.143. The maximum atomic E-state index is 5.78. The second-order valence-corrected chi connectivity index (χ2v) is 4.75. The van der Waals surface area contributed by atoms with Crippen LogP contribution in [0.3, 0.4) is 0 Å². The smallest absolute Gasteiger partial charge is 0.119 e. The molecule has 1 aromatic carbocycles. The highest BCUT2D eigenvalue weighted by atomic mass is 16.5. The third-order valence-electron chi connectivity index (χ3n) is 3.28. The average Bonchev–Trinajstić information content (AvgIpc) is 2.32. The van der Waals surface area contributed by atoms with Crippen molar-refractivity contribution in [2.24, 2.45) is 0 Å². The lowest BCUT2D eigenvalue weighted by atomic mass is 10.2. The van der Waals surface area contributed by atoms with Gasteiger partial charge in [-0.2, -0.15) is 0 Å². The average molecular weight is 234 g/mol. The van der Waals surface area contributed by atoms with Crippen LogP contribution in [0.25, 0.3) is 0 Å². The summed E-state index contributed by atoms with van der Waals surface area (Å²) in [6.45, 7) is 9.44. The summed E-state index contributed by atoms with van der Waals surface area (Å²) < 4.78 is 5.78. The fraction of sp³-hybridized carbons (Fsp3) is 0.571.